The van der Waals surface area contributed by atoms with Crippen LogP contribution in [0.25, 0.3) is 0 Å². The normalized spacial score (nSPS) is 21.9. The van der Waals surface area contributed by atoms with Crippen LogP contribution in [0.3, 0.4) is 0 Å². The van der Waals surface area contributed by atoms with Crippen LogP contribution in [0.5, 0.6) is 0 Å². The van der Waals surface area contributed by atoms with E-state index in [1.54, 1.807) is 6.26 Å². The molecule has 1 fully saturated rings. The van der Waals surface area contributed by atoms with Gasteiger partial charge in [0.15, 0.2) is 0 Å². The molecule has 2 nitrogen and oxygen atoms in total. The van der Waals surface area contributed by atoms with Crippen molar-refractivity contribution in [1.82, 2.24) is 5.32 Å². The van der Waals surface area contributed by atoms with Crippen molar-refractivity contribution in [2.45, 2.75) is 43.9 Å². The van der Waals surface area contributed by atoms with Crippen molar-refractivity contribution in [2.24, 2.45) is 5.92 Å². The third-order valence-electron chi connectivity index (χ3n) is 3.91. The smallest absolute Gasteiger partial charge is 0.0443 e. The monoisotopic (exact) mass is 285 g/mol. The van der Waals surface area contributed by atoms with E-state index in [9.17, 15) is 4.21 Å². The lowest BCUT2D eigenvalue weighted by atomic mass is 9.96. The molecule has 0 spiro atoms. The topological polar surface area (TPSA) is 29.1 Å². The molecule has 2 rings (SSSR count). The molecule has 1 aliphatic carbocycles. The van der Waals surface area contributed by atoms with E-state index in [4.69, 9.17) is 0 Å². The summed E-state index contributed by atoms with van der Waals surface area (Å²) in [6.45, 7) is 2.91. The molecule has 4 heteroatoms. The predicted molar refractivity (Wildman–Crippen MR) is 80.5 cm³/mol. The summed E-state index contributed by atoms with van der Waals surface area (Å²) in [5.41, 5.74) is 0. The summed E-state index contributed by atoms with van der Waals surface area (Å²) in [5, 5.41) is 6.05. The van der Waals surface area contributed by atoms with Gasteiger partial charge in [-0.05, 0) is 37.1 Å². The first-order chi connectivity index (χ1) is 8.68. The Morgan fingerprint density at radius 2 is 2.22 bits per heavy atom. The third kappa shape index (κ3) is 3.65. The average Bonchev–Trinajstić information content (AvgIpc) is 3.01. The zero-order chi connectivity index (χ0) is 13.0. The number of hydrogen-bond donors (Lipinski definition) is 1. The first kappa shape index (κ1) is 14.2. The zero-order valence-electron chi connectivity index (χ0n) is 11.2. The van der Waals surface area contributed by atoms with Crippen LogP contribution in [0.15, 0.2) is 17.5 Å². The average molecular weight is 285 g/mol. The summed E-state index contributed by atoms with van der Waals surface area (Å²) in [7, 11) is -0.734. The Kier molecular flexibility index (Phi) is 5.39. The Labute approximate surface area is 117 Å². The first-order valence-electron chi connectivity index (χ1n) is 6.77. The van der Waals surface area contributed by atoms with Crippen molar-refractivity contribution in [1.29, 1.82) is 0 Å². The van der Waals surface area contributed by atoms with Crippen molar-refractivity contribution in [3.8, 4) is 0 Å². The molecule has 0 radical (unpaired) electrons. The van der Waals surface area contributed by atoms with Crippen LogP contribution in [0.4, 0.5) is 0 Å². The molecule has 3 unspecified atom stereocenters. The maximum atomic E-state index is 11.4. The largest absolute Gasteiger partial charge is 0.308 e. The van der Waals surface area contributed by atoms with Gasteiger partial charge in [-0.15, -0.1) is 11.3 Å². The molecule has 3 atom stereocenters. The van der Waals surface area contributed by atoms with E-state index in [-0.39, 0.29) is 5.25 Å². The summed E-state index contributed by atoms with van der Waals surface area (Å²) in [4.78, 5) is 1.44. The SMILES string of the molecule is CC(CNC(c1cccs1)C1CCCC1)S(C)=O. The van der Waals surface area contributed by atoms with Gasteiger partial charge in [-0.25, -0.2) is 0 Å². The van der Waals surface area contributed by atoms with Gasteiger partial charge in [-0.1, -0.05) is 18.9 Å². The zero-order valence-corrected chi connectivity index (χ0v) is 12.9. The highest BCUT2D eigenvalue weighted by Gasteiger charge is 2.27. The highest BCUT2D eigenvalue weighted by atomic mass is 32.2. The quantitative estimate of drug-likeness (QED) is 0.868. The van der Waals surface area contributed by atoms with Crippen LogP contribution >= 0.6 is 11.3 Å². The Balaban J connectivity index is 1.99. The lowest BCUT2D eigenvalue weighted by Gasteiger charge is -2.25. The Hall–Kier alpha value is -0.190. The summed E-state index contributed by atoms with van der Waals surface area (Å²) < 4.78 is 11.4. The number of nitrogens with one attached hydrogen (secondary N) is 1. The second kappa shape index (κ2) is 6.83. The summed E-state index contributed by atoms with van der Waals surface area (Å²) >= 11 is 1.84. The molecule has 1 saturated carbocycles. The van der Waals surface area contributed by atoms with Crippen molar-refractivity contribution < 1.29 is 4.21 Å². The van der Waals surface area contributed by atoms with Gasteiger partial charge in [0, 0.05) is 39.8 Å². The second-order valence-electron chi connectivity index (χ2n) is 5.26. The summed E-state index contributed by atoms with van der Waals surface area (Å²) in [5.74, 6) is 0.765. The molecular formula is C14H23NOS2. The molecule has 0 aromatic carbocycles. The maximum Gasteiger partial charge on any atom is 0.0443 e. The van der Waals surface area contributed by atoms with Crippen LogP contribution in [-0.2, 0) is 10.8 Å². The fraction of sp³-hybridized carbons (Fsp3) is 0.714. The fourth-order valence-electron chi connectivity index (χ4n) is 2.67. The minimum Gasteiger partial charge on any atom is -0.308 e. The highest BCUT2D eigenvalue weighted by molar-refractivity contribution is 7.84. The molecule has 1 aromatic heterocycles. The van der Waals surface area contributed by atoms with E-state index in [1.165, 1.54) is 30.6 Å². The maximum absolute atomic E-state index is 11.4. The molecule has 0 aliphatic heterocycles. The van der Waals surface area contributed by atoms with Crippen LogP contribution in [0.2, 0.25) is 0 Å². The predicted octanol–water partition coefficient (Wildman–Crippen LogP) is 3.34. The van der Waals surface area contributed by atoms with Crippen LogP contribution in [0, 0.1) is 5.92 Å². The van der Waals surface area contributed by atoms with E-state index in [0.29, 0.717) is 6.04 Å². The molecule has 1 aromatic rings. The standard InChI is InChI=1S/C14H23NOS2/c1-11(18(2)16)10-15-14(12-6-3-4-7-12)13-8-5-9-17-13/h5,8-9,11-12,14-15H,3-4,6-7,10H2,1-2H3. The molecule has 0 bridgehead atoms. The Morgan fingerprint density at radius 1 is 1.50 bits per heavy atom. The van der Waals surface area contributed by atoms with Crippen LogP contribution < -0.4 is 5.32 Å². The van der Waals surface area contributed by atoms with Gasteiger partial charge in [0.1, 0.15) is 0 Å². The second-order valence-corrected chi connectivity index (χ2v) is 8.04. The lowest BCUT2D eigenvalue weighted by Crippen LogP contribution is -2.33. The van der Waals surface area contributed by atoms with Gasteiger partial charge in [0.2, 0.25) is 0 Å². The first-order valence-corrected chi connectivity index (χ1v) is 9.27. The molecule has 1 heterocycles. The number of hydrogen-bond acceptors (Lipinski definition) is 3. The van der Waals surface area contributed by atoms with Gasteiger partial charge in [0.25, 0.3) is 0 Å². The fourth-order valence-corrected chi connectivity index (χ4v) is 3.89. The van der Waals surface area contributed by atoms with Crippen molar-refractivity contribution in [3.63, 3.8) is 0 Å². The van der Waals surface area contributed by atoms with Crippen molar-refractivity contribution in [2.75, 3.05) is 12.8 Å². The van der Waals surface area contributed by atoms with Crippen LogP contribution in [-0.4, -0.2) is 22.3 Å². The number of rotatable bonds is 6. The molecule has 18 heavy (non-hydrogen) atoms. The van der Waals surface area contributed by atoms with Gasteiger partial charge in [-0.3, -0.25) is 4.21 Å². The third-order valence-corrected chi connectivity index (χ3v) is 6.17. The molecular weight excluding hydrogens is 262 g/mol. The van der Waals surface area contributed by atoms with E-state index < -0.39 is 10.8 Å². The summed E-state index contributed by atoms with van der Waals surface area (Å²) in [6, 6.07) is 4.83. The van der Waals surface area contributed by atoms with Crippen molar-refractivity contribution in [3.05, 3.63) is 22.4 Å². The molecule has 1 aliphatic rings. The van der Waals surface area contributed by atoms with E-state index in [1.807, 2.05) is 11.3 Å². The van der Waals surface area contributed by atoms with E-state index >= 15 is 0 Å². The van der Waals surface area contributed by atoms with Crippen molar-refractivity contribution >= 4 is 22.1 Å². The van der Waals surface area contributed by atoms with E-state index in [2.05, 4.69) is 29.8 Å². The van der Waals surface area contributed by atoms with Gasteiger partial charge in [-0.2, -0.15) is 0 Å². The minimum atomic E-state index is -0.734. The Morgan fingerprint density at radius 3 is 2.78 bits per heavy atom. The Bertz CT molecular complexity index is 371. The van der Waals surface area contributed by atoms with Gasteiger partial charge < -0.3 is 5.32 Å². The number of thiophene rings is 1. The molecule has 102 valence electrons. The molecule has 0 amide bonds. The molecule has 0 saturated heterocycles. The minimum absolute atomic E-state index is 0.230. The van der Waals surface area contributed by atoms with E-state index in [0.717, 1.165) is 12.5 Å². The summed E-state index contributed by atoms with van der Waals surface area (Å²) in [6.07, 6.45) is 7.19. The molecule has 1 N–H and O–H groups in total. The van der Waals surface area contributed by atoms with Gasteiger partial charge in [0.05, 0.1) is 0 Å². The lowest BCUT2D eigenvalue weighted by molar-refractivity contribution is 0.374. The van der Waals surface area contributed by atoms with Gasteiger partial charge >= 0.3 is 0 Å². The van der Waals surface area contributed by atoms with Crippen LogP contribution in [0.1, 0.15) is 43.5 Å². The highest BCUT2D eigenvalue weighted by Crippen LogP contribution is 2.37.